The highest BCUT2D eigenvalue weighted by Crippen LogP contribution is 2.01. The normalized spacial score (nSPS) is 13.1. The van der Waals surface area contributed by atoms with Crippen molar-refractivity contribution in [1.82, 2.24) is 0 Å². The summed E-state index contributed by atoms with van der Waals surface area (Å²) in [6.07, 6.45) is 3.50. The van der Waals surface area contributed by atoms with E-state index in [1.54, 1.807) is 0 Å². The van der Waals surface area contributed by atoms with Crippen LogP contribution in [0, 0.1) is 0 Å². The molecule has 0 saturated heterocycles. The third kappa shape index (κ3) is 5.50. The van der Waals surface area contributed by atoms with E-state index in [1.807, 2.05) is 0 Å². The Morgan fingerprint density at radius 1 is 1.67 bits per heavy atom. The van der Waals surface area contributed by atoms with Crippen LogP contribution in [0.1, 0.15) is 32.6 Å². The molecule has 0 aliphatic heterocycles. The zero-order valence-corrected chi connectivity index (χ0v) is 5.84. The highest BCUT2D eigenvalue weighted by atomic mass is 16.3. The molecule has 0 rings (SSSR count). The molecule has 54 valence electrons. The van der Waals surface area contributed by atoms with Crippen molar-refractivity contribution in [2.75, 3.05) is 0 Å². The number of carbonyl (C=O) groups is 1. The molecule has 0 saturated carbocycles. The third-order valence-corrected chi connectivity index (χ3v) is 1.26. The predicted octanol–water partition coefficient (Wildman–Crippen LogP) is 1.13. The number of hydrogen-bond donors (Lipinski definition) is 1. The summed E-state index contributed by atoms with van der Waals surface area (Å²) in [5, 5.41) is 8.95. The average Bonchev–Trinajstić information content (AvgIpc) is 1.85. The van der Waals surface area contributed by atoms with Crippen LogP contribution in [0.25, 0.3) is 0 Å². The molecule has 0 aliphatic rings. The average molecular weight is 130 g/mol. The molecule has 0 fully saturated rings. The molecule has 2 nitrogen and oxygen atoms in total. The Kier molecular flexibility index (Phi) is 5.52. The lowest BCUT2D eigenvalue weighted by Gasteiger charge is -2.03. The van der Waals surface area contributed by atoms with Gasteiger partial charge in [-0.1, -0.05) is 19.8 Å². The van der Waals surface area contributed by atoms with E-state index in [-0.39, 0.29) is 0 Å². The van der Waals surface area contributed by atoms with Gasteiger partial charge in [0.1, 0.15) is 6.29 Å². The molecule has 0 heterocycles. The van der Waals surface area contributed by atoms with Gasteiger partial charge in [0, 0.05) is 6.42 Å². The minimum Gasteiger partial charge on any atom is -0.393 e. The Hall–Kier alpha value is -0.370. The van der Waals surface area contributed by atoms with Crippen LogP contribution in [0.4, 0.5) is 0 Å². The highest BCUT2D eigenvalue weighted by Gasteiger charge is 1.99. The van der Waals surface area contributed by atoms with E-state index in [0.717, 1.165) is 25.5 Å². The Morgan fingerprint density at radius 2 is 2.33 bits per heavy atom. The van der Waals surface area contributed by atoms with Crippen LogP contribution in [0.15, 0.2) is 0 Å². The maximum atomic E-state index is 9.82. The van der Waals surface area contributed by atoms with Crippen molar-refractivity contribution in [2.45, 2.75) is 38.7 Å². The zero-order chi connectivity index (χ0) is 7.11. The molecule has 0 aromatic rings. The Bertz CT molecular complexity index is 71.3. The van der Waals surface area contributed by atoms with E-state index in [1.165, 1.54) is 0 Å². The molecule has 0 radical (unpaired) electrons. The summed E-state index contributed by atoms with van der Waals surface area (Å²) in [5.74, 6) is 0. The summed E-state index contributed by atoms with van der Waals surface area (Å²) in [7, 11) is 0. The minimum atomic E-state index is -0.401. The summed E-state index contributed by atoms with van der Waals surface area (Å²) >= 11 is 0. The second kappa shape index (κ2) is 5.76. The summed E-state index contributed by atoms with van der Waals surface area (Å²) in [6, 6.07) is 0. The van der Waals surface area contributed by atoms with Crippen molar-refractivity contribution < 1.29 is 9.90 Å². The predicted molar refractivity (Wildman–Crippen MR) is 36.2 cm³/mol. The molecule has 2 heteroatoms. The summed E-state index contributed by atoms with van der Waals surface area (Å²) in [6.45, 7) is 2.06. The number of carbonyl (C=O) groups excluding carboxylic acids is 1. The fraction of sp³-hybridized carbons (Fsp3) is 0.857. The van der Waals surface area contributed by atoms with Gasteiger partial charge in [-0.25, -0.2) is 0 Å². The van der Waals surface area contributed by atoms with Crippen LogP contribution in [0.3, 0.4) is 0 Å². The first-order chi connectivity index (χ1) is 4.31. The van der Waals surface area contributed by atoms with Crippen LogP contribution in [-0.2, 0) is 4.79 Å². The van der Waals surface area contributed by atoms with E-state index in [0.29, 0.717) is 6.42 Å². The van der Waals surface area contributed by atoms with Crippen LogP contribution >= 0.6 is 0 Å². The number of aliphatic hydroxyl groups excluding tert-OH is 1. The molecule has 0 aliphatic carbocycles. The van der Waals surface area contributed by atoms with Gasteiger partial charge in [0.05, 0.1) is 6.10 Å². The lowest BCUT2D eigenvalue weighted by Crippen LogP contribution is -2.05. The lowest BCUT2D eigenvalue weighted by atomic mass is 10.1. The van der Waals surface area contributed by atoms with Gasteiger partial charge in [-0.3, -0.25) is 0 Å². The number of aliphatic hydroxyl groups is 1. The molecular formula is C7H14O2. The largest absolute Gasteiger partial charge is 0.393 e. The van der Waals surface area contributed by atoms with Gasteiger partial charge in [-0.2, -0.15) is 0 Å². The first-order valence-corrected chi connectivity index (χ1v) is 3.43. The maximum Gasteiger partial charge on any atom is 0.122 e. The van der Waals surface area contributed by atoms with Crippen molar-refractivity contribution in [3.63, 3.8) is 0 Å². The monoisotopic (exact) mass is 130 g/mol. The second-order valence-corrected chi connectivity index (χ2v) is 2.20. The van der Waals surface area contributed by atoms with E-state index in [9.17, 15) is 4.79 Å². The second-order valence-electron chi connectivity index (χ2n) is 2.20. The molecule has 1 N–H and O–H groups in total. The van der Waals surface area contributed by atoms with Crippen LogP contribution in [0.2, 0.25) is 0 Å². The van der Waals surface area contributed by atoms with Gasteiger partial charge in [-0.05, 0) is 6.42 Å². The van der Waals surface area contributed by atoms with Crippen LogP contribution in [-0.4, -0.2) is 17.5 Å². The number of unbranched alkanes of at least 4 members (excludes halogenated alkanes) is 1. The summed E-state index contributed by atoms with van der Waals surface area (Å²) < 4.78 is 0. The lowest BCUT2D eigenvalue weighted by molar-refractivity contribution is -0.109. The van der Waals surface area contributed by atoms with Gasteiger partial charge < -0.3 is 9.90 Å². The Morgan fingerprint density at radius 3 is 2.78 bits per heavy atom. The van der Waals surface area contributed by atoms with Crippen molar-refractivity contribution in [3.8, 4) is 0 Å². The first-order valence-electron chi connectivity index (χ1n) is 3.43. The quantitative estimate of drug-likeness (QED) is 0.566. The van der Waals surface area contributed by atoms with Gasteiger partial charge in [0.2, 0.25) is 0 Å². The minimum absolute atomic E-state index is 0.292. The standard InChI is InChI=1S/C7H14O2/c1-2-3-4-7(9)5-6-8/h6-7,9H,2-5H2,1H3. The summed E-state index contributed by atoms with van der Waals surface area (Å²) in [4.78, 5) is 9.82. The van der Waals surface area contributed by atoms with Gasteiger partial charge >= 0.3 is 0 Å². The van der Waals surface area contributed by atoms with Gasteiger partial charge in [-0.15, -0.1) is 0 Å². The van der Waals surface area contributed by atoms with E-state index < -0.39 is 6.10 Å². The fourth-order valence-electron chi connectivity index (χ4n) is 0.669. The zero-order valence-electron chi connectivity index (χ0n) is 5.84. The number of rotatable bonds is 5. The van der Waals surface area contributed by atoms with E-state index in [4.69, 9.17) is 5.11 Å². The summed E-state index contributed by atoms with van der Waals surface area (Å²) in [5.41, 5.74) is 0. The topological polar surface area (TPSA) is 37.3 Å². The molecule has 1 atom stereocenters. The van der Waals surface area contributed by atoms with E-state index >= 15 is 0 Å². The van der Waals surface area contributed by atoms with Crippen molar-refractivity contribution in [1.29, 1.82) is 0 Å². The smallest absolute Gasteiger partial charge is 0.122 e. The van der Waals surface area contributed by atoms with Crippen molar-refractivity contribution in [2.24, 2.45) is 0 Å². The SMILES string of the molecule is CCCCC(O)CC=O. The molecule has 0 spiro atoms. The molecule has 0 amide bonds. The number of aldehydes is 1. The van der Waals surface area contributed by atoms with Gasteiger partial charge in [0.15, 0.2) is 0 Å². The Labute approximate surface area is 55.9 Å². The number of hydrogen-bond acceptors (Lipinski definition) is 2. The van der Waals surface area contributed by atoms with Crippen LogP contribution < -0.4 is 0 Å². The van der Waals surface area contributed by atoms with E-state index in [2.05, 4.69) is 6.92 Å². The fourth-order valence-corrected chi connectivity index (χ4v) is 0.669. The third-order valence-electron chi connectivity index (χ3n) is 1.26. The van der Waals surface area contributed by atoms with Gasteiger partial charge in [0.25, 0.3) is 0 Å². The first kappa shape index (κ1) is 8.63. The molecule has 0 aromatic carbocycles. The molecule has 1 unspecified atom stereocenters. The van der Waals surface area contributed by atoms with Crippen molar-refractivity contribution in [3.05, 3.63) is 0 Å². The molecule has 0 bridgehead atoms. The maximum absolute atomic E-state index is 9.82. The molecule has 0 aromatic heterocycles. The Balaban J connectivity index is 3.04. The highest BCUT2D eigenvalue weighted by molar-refractivity contribution is 5.49. The molecular weight excluding hydrogens is 116 g/mol. The van der Waals surface area contributed by atoms with Crippen molar-refractivity contribution >= 4 is 6.29 Å². The van der Waals surface area contributed by atoms with Crippen LogP contribution in [0.5, 0.6) is 0 Å². The molecule has 9 heavy (non-hydrogen) atoms.